The van der Waals surface area contributed by atoms with Crippen molar-refractivity contribution in [3.05, 3.63) is 58.8 Å². The number of carbonyl (C=O) groups is 2. The van der Waals surface area contributed by atoms with Gasteiger partial charge in [-0.2, -0.15) is 0 Å². The molecule has 2 saturated heterocycles. The second-order valence-corrected chi connectivity index (χ2v) is 9.21. The normalized spacial score (nSPS) is 21.1. The molecule has 168 valence electrons. The van der Waals surface area contributed by atoms with Gasteiger partial charge in [-0.15, -0.1) is 0 Å². The average molecular weight is 435 g/mol. The number of cyclic esters (lactones) is 1. The number of aromatic nitrogens is 1. The molecule has 0 spiro atoms. The highest BCUT2D eigenvalue weighted by molar-refractivity contribution is 5.94. The van der Waals surface area contributed by atoms with Gasteiger partial charge in [-0.3, -0.25) is 9.69 Å². The van der Waals surface area contributed by atoms with Crippen LogP contribution in [0.1, 0.15) is 52.7 Å². The minimum Gasteiger partial charge on any atom is -0.447 e. The van der Waals surface area contributed by atoms with Gasteiger partial charge in [0.15, 0.2) is 0 Å². The summed E-state index contributed by atoms with van der Waals surface area (Å²) in [6, 6.07) is 9.93. The Hall–Kier alpha value is -3.09. The topological polar surface area (TPSA) is 66.0 Å². The first-order chi connectivity index (χ1) is 15.5. The molecular weight excluding hydrogens is 404 g/mol. The molecule has 7 nitrogen and oxygen atoms in total. The lowest BCUT2D eigenvalue weighted by atomic mass is 10.1. The largest absolute Gasteiger partial charge is 0.447 e. The second kappa shape index (κ2) is 8.45. The number of hydrogen-bond donors (Lipinski definition) is 0. The van der Waals surface area contributed by atoms with Crippen molar-refractivity contribution in [1.29, 1.82) is 0 Å². The fourth-order valence-corrected chi connectivity index (χ4v) is 4.58. The number of ether oxygens (including phenoxy) is 1. The van der Waals surface area contributed by atoms with E-state index in [2.05, 4.69) is 17.9 Å². The lowest BCUT2D eigenvalue weighted by Crippen LogP contribution is -2.49. The van der Waals surface area contributed by atoms with Crippen molar-refractivity contribution in [3.8, 4) is 0 Å². The van der Waals surface area contributed by atoms with E-state index in [1.165, 1.54) is 24.0 Å². The first kappa shape index (κ1) is 20.8. The van der Waals surface area contributed by atoms with Crippen LogP contribution < -0.4 is 4.90 Å². The highest BCUT2D eigenvalue weighted by Crippen LogP contribution is 2.40. The molecule has 1 atom stereocenters. The summed E-state index contributed by atoms with van der Waals surface area (Å²) in [7, 11) is 0. The molecule has 1 saturated carbocycles. The molecule has 3 fully saturated rings. The monoisotopic (exact) mass is 434 g/mol. The van der Waals surface area contributed by atoms with Crippen molar-refractivity contribution in [1.82, 2.24) is 14.8 Å². The molecule has 0 bridgehead atoms. The van der Waals surface area contributed by atoms with Gasteiger partial charge < -0.3 is 14.5 Å². The number of nitrogens with zero attached hydrogens (tertiary/aromatic N) is 4. The lowest BCUT2D eigenvalue weighted by Gasteiger charge is -2.36. The first-order valence-corrected chi connectivity index (χ1v) is 11.5. The number of carbonyl (C=O) groups excluding carboxylic acids is 2. The molecular formula is C25H30N4O3. The van der Waals surface area contributed by atoms with E-state index >= 15 is 0 Å². The SMILES string of the molecule is Cc1cc(C2CC2)cnc1N1CCN(C(=O)c2ccc(CN3C(=O)OCC3C)cc2)CC1. The lowest BCUT2D eigenvalue weighted by molar-refractivity contribution is 0.0746. The molecule has 1 aliphatic carbocycles. The Bertz CT molecular complexity index is 1010. The number of hydrogen-bond acceptors (Lipinski definition) is 5. The molecule has 5 rings (SSSR count). The van der Waals surface area contributed by atoms with Crippen molar-refractivity contribution in [2.75, 3.05) is 37.7 Å². The van der Waals surface area contributed by atoms with Crippen molar-refractivity contribution in [3.63, 3.8) is 0 Å². The quantitative estimate of drug-likeness (QED) is 0.720. The molecule has 3 aliphatic rings. The minimum atomic E-state index is -0.276. The molecule has 1 aromatic heterocycles. The Balaban J connectivity index is 1.18. The predicted octanol–water partition coefficient (Wildman–Crippen LogP) is 3.57. The predicted molar refractivity (Wildman–Crippen MR) is 122 cm³/mol. The number of pyridine rings is 1. The highest BCUT2D eigenvalue weighted by atomic mass is 16.6. The van der Waals surface area contributed by atoms with Gasteiger partial charge in [0.25, 0.3) is 5.91 Å². The number of rotatable bonds is 5. The summed E-state index contributed by atoms with van der Waals surface area (Å²) in [5, 5.41) is 0. The third kappa shape index (κ3) is 4.16. The Labute approximate surface area is 189 Å². The van der Waals surface area contributed by atoms with E-state index in [0.717, 1.165) is 24.5 Å². The van der Waals surface area contributed by atoms with E-state index < -0.39 is 0 Å². The van der Waals surface area contributed by atoms with Crippen LogP contribution in [0.3, 0.4) is 0 Å². The zero-order valence-corrected chi connectivity index (χ0v) is 18.8. The van der Waals surface area contributed by atoms with Crippen LogP contribution in [0.25, 0.3) is 0 Å². The van der Waals surface area contributed by atoms with E-state index in [0.29, 0.717) is 37.7 Å². The minimum absolute atomic E-state index is 0.0545. The molecule has 1 unspecified atom stereocenters. The van der Waals surface area contributed by atoms with E-state index in [4.69, 9.17) is 9.72 Å². The summed E-state index contributed by atoms with van der Waals surface area (Å²) in [5.41, 5.74) is 4.26. The van der Waals surface area contributed by atoms with Crippen LogP contribution in [0.4, 0.5) is 10.6 Å². The number of amides is 2. The summed E-state index contributed by atoms with van der Waals surface area (Å²) in [5.74, 6) is 1.81. The van der Waals surface area contributed by atoms with E-state index in [9.17, 15) is 9.59 Å². The van der Waals surface area contributed by atoms with Crippen LogP contribution in [-0.2, 0) is 11.3 Å². The zero-order chi connectivity index (χ0) is 22.2. The van der Waals surface area contributed by atoms with E-state index in [1.807, 2.05) is 42.3 Å². The van der Waals surface area contributed by atoms with Gasteiger partial charge in [-0.05, 0) is 61.4 Å². The van der Waals surface area contributed by atoms with E-state index in [1.54, 1.807) is 4.90 Å². The van der Waals surface area contributed by atoms with Crippen LogP contribution >= 0.6 is 0 Å². The summed E-state index contributed by atoms with van der Waals surface area (Å²) < 4.78 is 5.08. The zero-order valence-electron chi connectivity index (χ0n) is 18.8. The van der Waals surface area contributed by atoms with Crippen LogP contribution in [0.15, 0.2) is 36.5 Å². The third-order valence-corrected chi connectivity index (χ3v) is 6.76. The van der Waals surface area contributed by atoms with Gasteiger partial charge in [-0.25, -0.2) is 9.78 Å². The molecule has 3 heterocycles. The maximum Gasteiger partial charge on any atom is 0.410 e. The fourth-order valence-electron chi connectivity index (χ4n) is 4.58. The van der Waals surface area contributed by atoms with Crippen molar-refractivity contribution >= 4 is 17.8 Å². The molecule has 7 heteroatoms. The van der Waals surface area contributed by atoms with Crippen molar-refractivity contribution < 1.29 is 14.3 Å². The Kier molecular flexibility index (Phi) is 5.49. The number of piperazine rings is 1. The van der Waals surface area contributed by atoms with Gasteiger partial charge in [-0.1, -0.05) is 18.2 Å². The average Bonchev–Trinajstić information content (AvgIpc) is 3.62. The van der Waals surface area contributed by atoms with Gasteiger partial charge in [0, 0.05) is 44.5 Å². The van der Waals surface area contributed by atoms with Crippen molar-refractivity contribution in [2.45, 2.75) is 45.2 Å². The Morgan fingerprint density at radius 3 is 2.44 bits per heavy atom. The van der Waals surface area contributed by atoms with Crippen LogP contribution in [0.2, 0.25) is 0 Å². The smallest absolute Gasteiger partial charge is 0.410 e. The summed E-state index contributed by atoms with van der Waals surface area (Å²) in [6.45, 7) is 7.98. The number of benzene rings is 1. The molecule has 0 N–H and O–H groups in total. The Morgan fingerprint density at radius 2 is 1.84 bits per heavy atom. The molecule has 2 aliphatic heterocycles. The Morgan fingerprint density at radius 1 is 1.12 bits per heavy atom. The first-order valence-electron chi connectivity index (χ1n) is 11.5. The fraction of sp³-hybridized carbons (Fsp3) is 0.480. The highest BCUT2D eigenvalue weighted by Gasteiger charge is 2.30. The van der Waals surface area contributed by atoms with Crippen molar-refractivity contribution in [2.24, 2.45) is 0 Å². The third-order valence-electron chi connectivity index (χ3n) is 6.76. The number of aryl methyl sites for hydroxylation is 1. The molecule has 1 aromatic carbocycles. The maximum atomic E-state index is 13.0. The van der Waals surface area contributed by atoms with Crippen LogP contribution in [0.5, 0.6) is 0 Å². The standard InChI is InChI=1S/C25H30N4O3/c1-17-13-22(20-7-8-20)14-26-23(17)27-9-11-28(12-10-27)24(30)21-5-3-19(4-6-21)15-29-18(2)16-32-25(29)31/h3-6,13-14,18,20H,7-12,15-16H2,1-2H3. The van der Waals surface area contributed by atoms with E-state index in [-0.39, 0.29) is 18.0 Å². The summed E-state index contributed by atoms with van der Waals surface area (Å²) in [4.78, 5) is 35.5. The van der Waals surface area contributed by atoms with Gasteiger partial charge >= 0.3 is 6.09 Å². The molecule has 2 aromatic rings. The number of anilines is 1. The second-order valence-electron chi connectivity index (χ2n) is 9.21. The van der Waals surface area contributed by atoms with Crippen LogP contribution in [-0.4, -0.2) is 65.6 Å². The molecule has 0 radical (unpaired) electrons. The van der Waals surface area contributed by atoms with Crippen LogP contribution in [0, 0.1) is 6.92 Å². The molecule has 32 heavy (non-hydrogen) atoms. The van der Waals surface area contributed by atoms with Gasteiger partial charge in [0.1, 0.15) is 12.4 Å². The summed E-state index contributed by atoms with van der Waals surface area (Å²) >= 11 is 0. The maximum absolute atomic E-state index is 13.0. The molecule has 2 amide bonds. The van der Waals surface area contributed by atoms with Gasteiger partial charge in [0.05, 0.1) is 6.04 Å². The summed E-state index contributed by atoms with van der Waals surface area (Å²) in [6.07, 6.45) is 4.32. The van der Waals surface area contributed by atoms with Gasteiger partial charge in [0.2, 0.25) is 0 Å².